The van der Waals surface area contributed by atoms with Crippen molar-refractivity contribution in [3.8, 4) is 0 Å². The maximum Gasteiger partial charge on any atom is 0.416 e. The van der Waals surface area contributed by atoms with Crippen LogP contribution < -0.4 is 10.2 Å². The molecule has 2 aliphatic rings. The number of hydrogen-bond acceptors (Lipinski definition) is 3. The van der Waals surface area contributed by atoms with Crippen molar-refractivity contribution in [3.63, 3.8) is 0 Å². The monoisotopic (exact) mass is 417 g/mol. The minimum absolute atomic E-state index is 0.0103. The summed E-state index contributed by atoms with van der Waals surface area (Å²) in [4.78, 5) is 40.2. The van der Waals surface area contributed by atoms with E-state index >= 15 is 0 Å². The van der Waals surface area contributed by atoms with Crippen LogP contribution in [0.3, 0.4) is 0 Å². The number of alkyl halides is 3. The molecule has 2 aliphatic heterocycles. The molecule has 1 atom stereocenters. The van der Waals surface area contributed by atoms with E-state index in [0.717, 1.165) is 12.1 Å². The molecule has 30 heavy (non-hydrogen) atoms. The van der Waals surface area contributed by atoms with Gasteiger partial charge in [0.1, 0.15) is 6.54 Å². The molecule has 0 radical (unpaired) electrons. The molecule has 1 unspecified atom stereocenters. The van der Waals surface area contributed by atoms with Crippen LogP contribution in [0, 0.1) is 5.92 Å². The fourth-order valence-electron chi connectivity index (χ4n) is 3.81. The number of fused-ring (bicyclic) bond motifs is 1. The highest BCUT2D eigenvalue weighted by molar-refractivity contribution is 6.11. The number of rotatable bonds is 3. The summed E-state index contributed by atoms with van der Waals surface area (Å²) < 4.78 is 38.8. The van der Waals surface area contributed by atoms with Gasteiger partial charge in [0.05, 0.1) is 22.9 Å². The van der Waals surface area contributed by atoms with E-state index in [0.29, 0.717) is 16.9 Å². The highest BCUT2D eigenvalue weighted by atomic mass is 19.4. The van der Waals surface area contributed by atoms with Gasteiger partial charge in [0.25, 0.3) is 0 Å². The second-order valence-corrected chi connectivity index (χ2v) is 7.36. The van der Waals surface area contributed by atoms with Crippen LogP contribution in [0.1, 0.15) is 17.5 Å². The van der Waals surface area contributed by atoms with Crippen molar-refractivity contribution in [3.05, 3.63) is 59.7 Å². The lowest BCUT2D eigenvalue weighted by atomic mass is 10.1. The van der Waals surface area contributed by atoms with Gasteiger partial charge in [0, 0.05) is 19.5 Å². The zero-order valence-corrected chi connectivity index (χ0v) is 15.8. The number of nitrogens with zero attached hydrogens (tertiary/aromatic N) is 2. The first kappa shape index (κ1) is 19.9. The van der Waals surface area contributed by atoms with Crippen LogP contribution in [-0.4, -0.2) is 35.7 Å². The quantitative estimate of drug-likeness (QED) is 0.835. The molecule has 156 valence electrons. The Balaban J connectivity index is 1.49. The van der Waals surface area contributed by atoms with Crippen molar-refractivity contribution in [2.45, 2.75) is 19.1 Å². The molecule has 0 spiro atoms. The van der Waals surface area contributed by atoms with Gasteiger partial charge in [-0.25, -0.2) is 0 Å². The summed E-state index contributed by atoms with van der Waals surface area (Å²) in [6, 6.07) is 11.7. The molecule has 3 amide bonds. The molecular formula is C21H18F3N3O3. The topological polar surface area (TPSA) is 69.7 Å². The molecule has 4 rings (SSSR count). The summed E-state index contributed by atoms with van der Waals surface area (Å²) in [5.74, 6) is -1.65. The number of amides is 3. The Hall–Kier alpha value is -3.36. The average molecular weight is 417 g/mol. The maximum atomic E-state index is 13.1. The molecule has 2 heterocycles. The first-order valence-corrected chi connectivity index (χ1v) is 9.36. The van der Waals surface area contributed by atoms with E-state index in [1.807, 2.05) is 0 Å². The molecule has 2 aromatic carbocycles. The Morgan fingerprint density at radius 3 is 2.63 bits per heavy atom. The molecule has 1 saturated heterocycles. The third-order valence-electron chi connectivity index (χ3n) is 5.23. The first-order chi connectivity index (χ1) is 14.2. The Kier molecular flexibility index (Phi) is 4.97. The lowest BCUT2D eigenvalue weighted by Gasteiger charge is -2.30. The number of benzene rings is 2. The van der Waals surface area contributed by atoms with Crippen LogP contribution in [0.4, 0.5) is 24.5 Å². The smallest absolute Gasteiger partial charge is 0.338 e. The van der Waals surface area contributed by atoms with Crippen LogP contribution in [0.5, 0.6) is 0 Å². The molecular weight excluding hydrogens is 399 g/mol. The molecule has 0 aromatic heterocycles. The predicted molar refractivity (Wildman–Crippen MR) is 102 cm³/mol. The van der Waals surface area contributed by atoms with Gasteiger partial charge in [0.15, 0.2) is 0 Å². The summed E-state index contributed by atoms with van der Waals surface area (Å²) >= 11 is 0. The minimum Gasteiger partial charge on any atom is -0.338 e. The fraction of sp³-hybridized carbons (Fsp3) is 0.286. The van der Waals surface area contributed by atoms with Crippen molar-refractivity contribution in [1.82, 2.24) is 4.90 Å². The van der Waals surface area contributed by atoms with Gasteiger partial charge in [-0.15, -0.1) is 0 Å². The van der Waals surface area contributed by atoms with Crippen molar-refractivity contribution < 1.29 is 27.6 Å². The standard InChI is InChI=1S/C21H18F3N3O3/c22-21(23,24)15-5-3-4-13(8-15)10-26-11-14(9-19(26)29)20(30)27-12-18(28)25-16-6-1-2-7-17(16)27/h1-8,14H,9-12H2,(H,25,28). The lowest BCUT2D eigenvalue weighted by Crippen LogP contribution is -2.45. The predicted octanol–water partition coefficient (Wildman–Crippen LogP) is 3.04. The summed E-state index contributed by atoms with van der Waals surface area (Å²) in [5, 5.41) is 2.70. The number of anilines is 2. The normalized spacial score (nSPS) is 19.0. The SMILES string of the molecule is O=C1CN(C(=O)C2CC(=O)N(Cc3cccc(C(F)(F)F)c3)C2)c2ccccc2N1. The van der Waals surface area contributed by atoms with Crippen molar-refractivity contribution in [2.75, 3.05) is 23.3 Å². The minimum atomic E-state index is -4.47. The van der Waals surface area contributed by atoms with Crippen molar-refractivity contribution in [2.24, 2.45) is 5.92 Å². The number of halogens is 3. The van der Waals surface area contributed by atoms with Crippen molar-refractivity contribution >= 4 is 29.1 Å². The molecule has 1 fully saturated rings. The molecule has 2 aromatic rings. The first-order valence-electron chi connectivity index (χ1n) is 9.36. The lowest BCUT2D eigenvalue weighted by molar-refractivity contribution is -0.137. The van der Waals surface area contributed by atoms with E-state index in [-0.39, 0.29) is 43.8 Å². The number of hydrogen-bond donors (Lipinski definition) is 1. The summed E-state index contributed by atoms with van der Waals surface area (Å²) in [7, 11) is 0. The fourth-order valence-corrected chi connectivity index (χ4v) is 3.81. The number of carbonyl (C=O) groups is 3. The Morgan fingerprint density at radius 2 is 1.87 bits per heavy atom. The zero-order chi connectivity index (χ0) is 21.5. The van der Waals surface area contributed by atoms with Gasteiger partial charge in [-0.05, 0) is 29.8 Å². The van der Waals surface area contributed by atoms with Crippen molar-refractivity contribution in [1.29, 1.82) is 0 Å². The Labute approximate surface area is 170 Å². The van der Waals surface area contributed by atoms with Crippen LogP contribution in [0.25, 0.3) is 0 Å². The molecule has 9 heteroatoms. The van der Waals surface area contributed by atoms with Crippen LogP contribution in [0.15, 0.2) is 48.5 Å². The third-order valence-corrected chi connectivity index (χ3v) is 5.23. The highest BCUT2D eigenvalue weighted by Gasteiger charge is 2.39. The van der Waals surface area contributed by atoms with Gasteiger partial charge in [-0.1, -0.05) is 24.3 Å². The third kappa shape index (κ3) is 3.87. The average Bonchev–Trinajstić information content (AvgIpc) is 3.06. The van der Waals surface area contributed by atoms with E-state index in [1.165, 1.54) is 21.9 Å². The summed E-state index contributed by atoms with van der Waals surface area (Å²) in [6.07, 6.45) is -4.51. The van der Waals surface area contributed by atoms with Gasteiger partial charge in [-0.2, -0.15) is 13.2 Å². The summed E-state index contributed by atoms with van der Waals surface area (Å²) in [6.45, 7) is -0.0635. The van der Waals surface area contributed by atoms with Gasteiger partial charge >= 0.3 is 6.18 Å². The van der Waals surface area contributed by atoms with Gasteiger partial charge in [-0.3, -0.25) is 14.4 Å². The van der Waals surface area contributed by atoms with E-state index in [9.17, 15) is 27.6 Å². The van der Waals surface area contributed by atoms with E-state index in [1.54, 1.807) is 24.3 Å². The number of para-hydroxylation sites is 2. The van der Waals surface area contributed by atoms with Gasteiger partial charge in [0.2, 0.25) is 17.7 Å². The van der Waals surface area contributed by atoms with Crippen LogP contribution in [0.2, 0.25) is 0 Å². The Bertz CT molecular complexity index is 1020. The zero-order valence-electron chi connectivity index (χ0n) is 15.8. The highest BCUT2D eigenvalue weighted by Crippen LogP contribution is 2.33. The molecule has 0 aliphatic carbocycles. The Morgan fingerprint density at radius 1 is 1.10 bits per heavy atom. The number of carbonyl (C=O) groups excluding carboxylic acids is 3. The number of likely N-dealkylation sites (tertiary alicyclic amines) is 1. The molecule has 0 bridgehead atoms. The van der Waals surface area contributed by atoms with Crippen LogP contribution in [-0.2, 0) is 27.1 Å². The van der Waals surface area contributed by atoms with Gasteiger partial charge < -0.3 is 15.1 Å². The second-order valence-electron chi connectivity index (χ2n) is 7.36. The number of nitrogens with one attached hydrogen (secondary N) is 1. The van der Waals surface area contributed by atoms with E-state index in [4.69, 9.17) is 0 Å². The van der Waals surface area contributed by atoms with E-state index in [2.05, 4.69) is 5.32 Å². The second kappa shape index (κ2) is 7.47. The molecule has 1 N–H and O–H groups in total. The molecule has 0 saturated carbocycles. The summed E-state index contributed by atoms with van der Waals surface area (Å²) in [5.41, 5.74) is 0.641. The van der Waals surface area contributed by atoms with E-state index < -0.39 is 17.7 Å². The van der Waals surface area contributed by atoms with Crippen LogP contribution >= 0.6 is 0 Å². The largest absolute Gasteiger partial charge is 0.416 e. The maximum absolute atomic E-state index is 13.1. The molecule has 6 nitrogen and oxygen atoms in total.